The lowest BCUT2D eigenvalue weighted by molar-refractivity contribution is -0.119. The topological polar surface area (TPSA) is 61.6 Å². The van der Waals surface area contributed by atoms with Crippen molar-refractivity contribution in [3.05, 3.63) is 0 Å². The molecule has 3 N–H and O–H groups in total. The molecule has 0 atom stereocenters. The Morgan fingerprint density at radius 1 is 1.32 bits per heavy atom. The Bertz CT molecular complexity index is 236. The number of carbonyl (C=O) groups excluding carboxylic acids is 1. The Hall–Kier alpha value is -0.0700. The summed E-state index contributed by atoms with van der Waals surface area (Å²) < 4.78 is 0. The fourth-order valence-electron chi connectivity index (χ4n) is 2.19. The van der Waals surface area contributed by atoms with E-state index in [2.05, 4.69) is 29.0 Å². The molecule has 0 spiro atoms. The second-order valence-electron chi connectivity index (χ2n) is 5.19. The molecule has 5 nitrogen and oxygen atoms in total. The van der Waals surface area contributed by atoms with Crippen molar-refractivity contribution in [3.63, 3.8) is 0 Å². The number of hydrogen-bond donors (Lipinski definition) is 2. The average molecular weight is 315 g/mol. The number of primary amides is 1. The number of carbonyl (C=O) groups is 1. The standard InChI is InChI=1S/C12H26N4O.2ClH/c1-11(2)9-16(10-12(13)17)8-7-15-5-3-14-4-6-15;;/h11,14H,3-10H2,1-2H3,(H2,13,17);2*1H. The Balaban J connectivity index is 0. The number of nitrogens with zero attached hydrogens (tertiary/aromatic N) is 2. The van der Waals surface area contributed by atoms with Gasteiger partial charge >= 0.3 is 0 Å². The highest BCUT2D eigenvalue weighted by Gasteiger charge is 2.14. The normalized spacial score (nSPS) is 16.0. The van der Waals surface area contributed by atoms with Crippen molar-refractivity contribution in [2.45, 2.75) is 13.8 Å². The zero-order valence-corrected chi connectivity index (χ0v) is 13.6. The molecule has 0 radical (unpaired) electrons. The second kappa shape index (κ2) is 11.7. The van der Waals surface area contributed by atoms with E-state index in [0.29, 0.717) is 12.5 Å². The van der Waals surface area contributed by atoms with E-state index in [1.165, 1.54) is 0 Å². The molecule has 0 aromatic heterocycles. The lowest BCUT2D eigenvalue weighted by Crippen LogP contribution is -2.47. The van der Waals surface area contributed by atoms with Crippen LogP contribution >= 0.6 is 24.8 Å². The van der Waals surface area contributed by atoms with E-state index in [1.807, 2.05) is 0 Å². The highest BCUT2D eigenvalue weighted by Crippen LogP contribution is 2.00. The third kappa shape index (κ3) is 10.4. The summed E-state index contributed by atoms with van der Waals surface area (Å²) >= 11 is 0. The summed E-state index contributed by atoms with van der Waals surface area (Å²) in [5, 5.41) is 3.34. The van der Waals surface area contributed by atoms with E-state index >= 15 is 0 Å². The third-order valence-electron chi connectivity index (χ3n) is 2.94. The Morgan fingerprint density at radius 3 is 2.37 bits per heavy atom. The number of nitrogens with two attached hydrogens (primary N) is 1. The first-order chi connectivity index (χ1) is 8.08. The molecule has 1 rings (SSSR count). The molecule has 0 bridgehead atoms. The first-order valence-electron chi connectivity index (χ1n) is 6.51. The predicted molar refractivity (Wildman–Crippen MR) is 84.3 cm³/mol. The van der Waals surface area contributed by atoms with Crippen LogP contribution in [0.15, 0.2) is 0 Å². The minimum atomic E-state index is -0.231. The molecular weight excluding hydrogens is 287 g/mol. The lowest BCUT2D eigenvalue weighted by Gasteiger charge is -2.30. The highest BCUT2D eigenvalue weighted by molar-refractivity contribution is 5.85. The van der Waals surface area contributed by atoms with E-state index < -0.39 is 0 Å². The van der Waals surface area contributed by atoms with Crippen molar-refractivity contribution in [2.24, 2.45) is 11.7 Å². The van der Waals surface area contributed by atoms with Crippen molar-refractivity contribution in [1.29, 1.82) is 0 Å². The largest absolute Gasteiger partial charge is 0.369 e. The van der Waals surface area contributed by atoms with Crippen molar-refractivity contribution < 1.29 is 4.79 Å². The van der Waals surface area contributed by atoms with Crippen molar-refractivity contribution in [3.8, 4) is 0 Å². The number of piperazine rings is 1. The molecule has 1 aliphatic rings. The molecule has 7 heteroatoms. The van der Waals surface area contributed by atoms with Gasteiger partial charge in [0, 0.05) is 45.8 Å². The van der Waals surface area contributed by atoms with Crippen LogP contribution in [0.5, 0.6) is 0 Å². The third-order valence-corrected chi connectivity index (χ3v) is 2.94. The Labute approximate surface area is 129 Å². The summed E-state index contributed by atoms with van der Waals surface area (Å²) in [5.74, 6) is 0.336. The quantitative estimate of drug-likeness (QED) is 0.703. The maximum atomic E-state index is 11.0. The van der Waals surface area contributed by atoms with Crippen LogP contribution in [0.25, 0.3) is 0 Å². The van der Waals surface area contributed by atoms with Gasteiger partial charge in [0.1, 0.15) is 0 Å². The fourth-order valence-corrected chi connectivity index (χ4v) is 2.19. The molecule has 19 heavy (non-hydrogen) atoms. The molecule has 116 valence electrons. The fraction of sp³-hybridized carbons (Fsp3) is 0.917. The van der Waals surface area contributed by atoms with Crippen molar-refractivity contribution in [2.75, 3.05) is 52.4 Å². The minimum absolute atomic E-state index is 0. The molecule has 1 heterocycles. The minimum Gasteiger partial charge on any atom is -0.369 e. The van der Waals surface area contributed by atoms with Gasteiger partial charge in [-0.1, -0.05) is 13.8 Å². The van der Waals surface area contributed by atoms with Crippen LogP contribution in [0.3, 0.4) is 0 Å². The first kappa shape index (κ1) is 21.2. The Morgan fingerprint density at radius 2 is 1.89 bits per heavy atom. The molecular formula is C12H28Cl2N4O. The summed E-state index contributed by atoms with van der Waals surface area (Å²) in [4.78, 5) is 15.6. The number of halogens is 2. The molecule has 0 saturated carbocycles. The highest BCUT2D eigenvalue weighted by atomic mass is 35.5. The summed E-state index contributed by atoms with van der Waals surface area (Å²) in [7, 11) is 0. The number of amides is 1. The van der Waals surface area contributed by atoms with Gasteiger partial charge in [-0.2, -0.15) is 0 Å². The van der Waals surface area contributed by atoms with Gasteiger partial charge in [0.15, 0.2) is 0 Å². The van der Waals surface area contributed by atoms with Crippen LogP contribution < -0.4 is 11.1 Å². The monoisotopic (exact) mass is 314 g/mol. The van der Waals surface area contributed by atoms with Gasteiger partial charge in [-0.15, -0.1) is 24.8 Å². The number of nitrogens with one attached hydrogen (secondary N) is 1. The van der Waals surface area contributed by atoms with Crippen molar-refractivity contribution >= 4 is 30.7 Å². The summed E-state index contributed by atoms with van der Waals surface area (Å²) in [6.07, 6.45) is 0. The van der Waals surface area contributed by atoms with E-state index in [0.717, 1.165) is 45.8 Å². The maximum Gasteiger partial charge on any atom is 0.231 e. The Kier molecular flexibility index (Phi) is 13.1. The van der Waals surface area contributed by atoms with Gasteiger partial charge in [0.25, 0.3) is 0 Å². The van der Waals surface area contributed by atoms with Gasteiger partial charge in [0.05, 0.1) is 6.54 Å². The molecule has 0 aromatic rings. The second-order valence-corrected chi connectivity index (χ2v) is 5.19. The van der Waals surface area contributed by atoms with Crippen LogP contribution in [0.2, 0.25) is 0 Å². The molecule has 0 aliphatic carbocycles. The van der Waals surface area contributed by atoms with E-state index in [-0.39, 0.29) is 30.7 Å². The van der Waals surface area contributed by atoms with Gasteiger partial charge in [-0.05, 0) is 5.92 Å². The smallest absolute Gasteiger partial charge is 0.231 e. The first-order valence-corrected chi connectivity index (χ1v) is 6.51. The summed E-state index contributed by atoms with van der Waals surface area (Å²) in [6.45, 7) is 12.0. The van der Waals surface area contributed by atoms with Crippen LogP contribution in [0, 0.1) is 5.92 Å². The van der Waals surface area contributed by atoms with Crippen LogP contribution in [-0.4, -0.2) is 68.1 Å². The van der Waals surface area contributed by atoms with Crippen LogP contribution in [0.1, 0.15) is 13.8 Å². The maximum absolute atomic E-state index is 11.0. The molecule has 1 amide bonds. The predicted octanol–water partition coefficient (Wildman–Crippen LogP) is 0.179. The average Bonchev–Trinajstić information content (AvgIpc) is 2.26. The van der Waals surface area contributed by atoms with Gasteiger partial charge < -0.3 is 11.1 Å². The summed E-state index contributed by atoms with van der Waals surface area (Å²) in [6, 6.07) is 0. The molecule has 0 unspecified atom stereocenters. The molecule has 1 fully saturated rings. The molecule has 1 saturated heterocycles. The zero-order chi connectivity index (χ0) is 12.7. The molecule has 1 aliphatic heterocycles. The summed E-state index contributed by atoms with van der Waals surface area (Å²) in [5.41, 5.74) is 5.27. The van der Waals surface area contributed by atoms with E-state index in [1.54, 1.807) is 0 Å². The van der Waals surface area contributed by atoms with Crippen LogP contribution in [-0.2, 0) is 4.79 Å². The van der Waals surface area contributed by atoms with Gasteiger partial charge in [-0.3, -0.25) is 14.6 Å². The molecule has 0 aromatic carbocycles. The SMILES string of the molecule is CC(C)CN(CCN1CCNCC1)CC(N)=O.Cl.Cl. The number of hydrogen-bond acceptors (Lipinski definition) is 4. The van der Waals surface area contributed by atoms with Crippen LogP contribution in [0.4, 0.5) is 0 Å². The lowest BCUT2D eigenvalue weighted by atomic mass is 10.2. The van der Waals surface area contributed by atoms with E-state index in [9.17, 15) is 4.79 Å². The van der Waals surface area contributed by atoms with Gasteiger partial charge in [0.2, 0.25) is 5.91 Å². The van der Waals surface area contributed by atoms with Gasteiger partial charge in [-0.25, -0.2) is 0 Å². The van der Waals surface area contributed by atoms with E-state index in [4.69, 9.17) is 5.73 Å². The van der Waals surface area contributed by atoms with Crippen molar-refractivity contribution in [1.82, 2.24) is 15.1 Å². The zero-order valence-electron chi connectivity index (χ0n) is 11.9. The number of rotatable bonds is 7.